The average Bonchev–Trinajstić information content (AvgIpc) is 2.53. The maximum atomic E-state index is 12.5. The zero-order chi connectivity index (χ0) is 15.4. The van der Waals surface area contributed by atoms with Gasteiger partial charge in [0.25, 0.3) is 5.91 Å². The molecule has 1 N–H and O–H groups in total. The van der Waals surface area contributed by atoms with E-state index < -0.39 is 4.92 Å². The third-order valence-electron chi connectivity index (χ3n) is 3.33. The molecule has 0 aliphatic carbocycles. The standard InChI is InChI=1S/C13H17N3O5/c1-20-11-8-12(21-2)10(16(18)19)7-9(11)13(17)15-5-3-14-4-6-15/h7-8,14H,3-6H2,1-2H3. The van der Waals surface area contributed by atoms with Gasteiger partial charge in [-0.2, -0.15) is 0 Å². The Morgan fingerprint density at radius 1 is 1.24 bits per heavy atom. The van der Waals surface area contributed by atoms with Crippen LogP contribution in [-0.4, -0.2) is 56.1 Å². The SMILES string of the molecule is COc1cc(OC)c([N+](=O)[O-])cc1C(=O)N1CCNCC1. The number of methoxy groups -OCH3 is 2. The Labute approximate surface area is 121 Å². The molecular weight excluding hydrogens is 278 g/mol. The van der Waals surface area contributed by atoms with Gasteiger partial charge in [0.05, 0.1) is 24.7 Å². The van der Waals surface area contributed by atoms with Gasteiger partial charge in [-0.05, 0) is 0 Å². The van der Waals surface area contributed by atoms with E-state index in [-0.39, 0.29) is 28.7 Å². The number of rotatable bonds is 4. The molecule has 1 amide bonds. The summed E-state index contributed by atoms with van der Waals surface area (Å²) in [4.78, 5) is 24.7. The van der Waals surface area contributed by atoms with Crippen molar-refractivity contribution in [3.8, 4) is 11.5 Å². The van der Waals surface area contributed by atoms with Crippen molar-refractivity contribution >= 4 is 11.6 Å². The quantitative estimate of drug-likeness (QED) is 0.647. The molecule has 1 heterocycles. The smallest absolute Gasteiger partial charge is 0.311 e. The molecule has 0 spiro atoms. The minimum Gasteiger partial charge on any atom is -0.496 e. The van der Waals surface area contributed by atoms with Crippen LogP contribution in [0.2, 0.25) is 0 Å². The van der Waals surface area contributed by atoms with Crippen LogP contribution in [0.15, 0.2) is 12.1 Å². The molecule has 0 radical (unpaired) electrons. The van der Waals surface area contributed by atoms with Crippen molar-refractivity contribution in [1.82, 2.24) is 10.2 Å². The Kier molecular flexibility index (Phi) is 4.59. The third-order valence-corrected chi connectivity index (χ3v) is 3.33. The normalized spacial score (nSPS) is 14.7. The van der Waals surface area contributed by atoms with Gasteiger partial charge in [0, 0.05) is 38.3 Å². The Morgan fingerprint density at radius 2 is 1.86 bits per heavy atom. The predicted molar refractivity (Wildman–Crippen MR) is 75.0 cm³/mol. The summed E-state index contributed by atoms with van der Waals surface area (Å²) in [5.41, 5.74) is -0.0799. The Hall–Kier alpha value is -2.35. The highest BCUT2D eigenvalue weighted by atomic mass is 16.6. The van der Waals surface area contributed by atoms with Crippen molar-refractivity contribution in [2.75, 3.05) is 40.4 Å². The molecule has 0 atom stereocenters. The van der Waals surface area contributed by atoms with Crippen LogP contribution in [0.1, 0.15) is 10.4 Å². The summed E-state index contributed by atoms with van der Waals surface area (Å²) in [6.45, 7) is 2.52. The van der Waals surface area contributed by atoms with E-state index in [1.807, 2.05) is 0 Å². The Bertz CT molecular complexity index is 555. The molecule has 1 aromatic rings. The average molecular weight is 295 g/mol. The molecule has 1 aromatic carbocycles. The zero-order valence-corrected chi connectivity index (χ0v) is 11.9. The number of carbonyl (C=O) groups excluding carboxylic acids is 1. The summed E-state index contributed by atoms with van der Waals surface area (Å²) in [6, 6.07) is 2.58. The van der Waals surface area contributed by atoms with Gasteiger partial charge in [-0.1, -0.05) is 0 Å². The second kappa shape index (κ2) is 6.40. The van der Waals surface area contributed by atoms with E-state index in [2.05, 4.69) is 5.32 Å². The molecular formula is C13H17N3O5. The molecule has 21 heavy (non-hydrogen) atoms. The van der Waals surface area contributed by atoms with E-state index in [0.29, 0.717) is 26.2 Å². The fourth-order valence-corrected chi connectivity index (χ4v) is 2.23. The van der Waals surface area contributed by atoms with Crippen LogP contribution in [0.4, 0.5) is 5.69 Å². The van der Waals surface area contributed by atoms with Crippen LogP contribution in [0.3, 0.4) is 0 Å². The molecule has 0 aromatic heterocycles. The lowest BCUT2D eigenvalue weighted by Crippen LogP contribution is -2.46. The van der Waals surface area contributed by atoms with E-state index in [1.54, 1.807) is 4.90 Å². The summed E-state index contributed by atoms with van der Waals surface area (Å²) in [7, 11) is 2.74. The molecule has 1 aliphatic heterocycles. The van der Waals surface area contributed by atoms with Crippen molar-refractivity contribution < 1.29 is 19.2 Å². The maximum Gasteiger partial charge on any atom is 0.311 e. The number of hydrogen-bond donors (Lipinski definition) is 1. The lowest BCUT2D eigenvalue weighted by atomic mass is 10.1. The minimum absolute atomic E-state index is 0.0636. The van der Waals surface area contributed by atoms with Crippen molar-refractivity contribution in [3.63, 3.8) is 0 Å². The number of nitrogens with zero attached hydrogens (tertiary/aromatic N) is 2. The highest BCUT2D eigenvalue weighted by Gasteiger charge is 2.26. The van der Waals surface area contributed by atoms with Crippen LogP contribution in [0.25, 0.3) is 0 Å². The van der Waals surface area contributed by atoms with Crippen LogP contribution < -0.4 is 14.8 Å². The number of nitro groups is 1. The summed E-state index contributed by atoms with van der Waals surface area (Å²) in [5.74, 6) is 0.0498. The summed E-state index contributed by atoms with van der Waals surface area (Å²) in [6.07, 6.45) is 0. The number of ether oxygens (including phenoxy) is 2. The predicted octanol–water partition coefficient (Wildman–Crippen LogP) is 0.657. The molecule has 8 nitrogen and oxygen atoms in total. The van der Waals surface area contributed by atoms with E-state index in [4.69, 9.17) is 9.47 Å². The molecule has 1 saturated heterocycles. The molecule has 1 aliphatic rings. The van der Waals surface area contributed by atoms with Gasteiger partial charge >= 0.3 is 5.69 Å². The van der Waals surface area contributed by atoms with Crippen molar-refractivity contribution in [1.29, 1.82) is 0 Å². The molecule has 0 saturated carbocycles. The molecule has 8 heteroatoms. The summed E-state index contributed by atoms with van der Waals surface area (Å²) < 4.78 is 10.1. The first-order valence-electron chi connectivity index (χ1n) is 6.49. The zero-order valence-electron chi connectivity index (χ0n) is 11.9. The van der Waals surface area contributed by atoms with Gasteiger partial charge in [-0.3, -0.25) is 14.9 Å². The Balaban J connectivity index is 2.43. The lowest BCUT2D eigenvalue weighted by Gasteiger charge is -2.28. The second-order valence-corrected chi connectivity index (χ2v) is 4.52. The topological polar surface area (TPSA) is 93.9 Å². The fourth-order valence-electron chi connectivity index (χ4n) is 2.23. The monoisotopic (exact) mass is 295 g/mol. The van der Waals surface area contributed by atoms with E-state index in [0.717, 1.165) is 0 Å². The number of amides is 1. The van der Waals surface area contributed by atoms with E-state index >= 15 is 0 Å². The first kappa shape index (κ1) is 15.0. The van der Waals surface area contributed by atoms with Gasteiger partial charge in [-0.15, -0.1) is 0 Å². The molecule has 0 bridgehead atoms. The maximum absolute atomic E-state index is 12.5. The summed E-state index contributed by atoms with van der Waals surface area (Å²) >= 11 is 0. The van der Waals surface area contributed by atoms with Gasteiger partial charge < -0.3 is 19.7 Å². The molecule has 0 unspecified atom stereocenters. The van der Waals surface area contributed by atoms with Crippen molar-refractivity contribution in [2.24, 2.45) is 0 Å². The van der Waals surface area contributed by atoms with Crippen LogP contribution in [0.5, 0.6) is 11.5 Å². The minimum atomic E-state index is -0.577. The molecule has 2 rings (SSSR count). The first-order valence-corrected chi connectivity index (χ1v) is 6.49. The highest BCUT2D eigenvalue weighted by molar-refractivity contribution is 5.98. The van der Waals surface area contributed by atoms with Crippen LogP contribution in [0, 0.1) is 10.1 Å². The summed E-state index contributed by atoms with van der Waals surface area (Å²) in [5, 5.41) is 14.2. The molecule has 1 fully saturated rings. The van der Waals surface area contributed by atoms with Gasteiger partial charge in [0.1, 0.15) is 5.75 Å². The highest BCUT2D eigenvalue weighted by Crippen LogP contribution is 2.35. The third kappa shape index (κ3) is 3.05. The number of nitrogens with one attached hydrogen (secondary N) is 1. The van der Waals surface area contributed by atoms with Crippen molar-refractivity contribution in [3.05, 3.63) is 27.8 Å². The number of piperazine rings is 1. The lowest BCUT2D eigenvalue weighted by molar-refractivity contribution is -0.385. The Morgan fingerprint density at radius 3 is 2.38 bits per heavy atom. The van der Waals surface area contributed by atoms with Gasteiger partial charge in [0.15, 0.2) is 0 Å². The van der Waals surface area contributed by atoms with Crippen LogP contribution in [-0.2, 0) is 0 Å². The second-order valence-electron chi connectivity index (χ2n) is 4.52. The van der Waals surface area contributed by atoms with Gasteiger partial charge in [0.2, 0.25) is 5.75 Å². The first-order chi connectivity index (χ1) is 10.1. The fraction of sp³-hybridized carbons (Fsp3) is 0.462. The van der Waals surface area contributed by atoms with E-state index in [9.17, 15) is 14.9 Å². The number of carbonyl (C=O) groups is 1. The van der Waals surface area contributed by atoms with E-state index in [1.165, 1.54) is 26.4 Å². The number of hydrogen-bond acceptors (Lipinski definition) is 6. The van der Waals surface area contributed by atoms with Crippen LogP contribution >= 0.6 is 0 Å². The largest absolute Gasteiger partial charge is 0.496 e. The van der Waals surface area contributed by atoms with Gasteiger partial charge in [-0.25, -0.2) is 0 Å². The number of nitro benzene ring substituents is 1. The van der Waals surface area contributed by atoms with Crippen molar-refractivity contribution in [2.45, 2.75) is 0 Å². The number of benzene rings is 1. The molecule has 114 valence electrons.